The molecule has 0 saturated carbocycles. The van der Waals surface area contributed by atoms with Gasteiger partial charge in [-0.05, 0) is 25.0 Å². The number of carboxylic acids is 2. The van der Waals surface area contributed by atoms with Gasteiger partial charge < -0.3 is 19.8 Å². The molecular formula is C36H57NO4S2-2. The van der Waals surface area contributed by atoms with E-state index in [1.807, 2.05) is 24.3 Å². The molecule has 5 nitrogen and oxygen atoms in total. The number of hydrogen-bond donors (Lipinski definition) is 0. The molecule has 2 rings (SSSR count). The highest BCUT2D eigenvalue weighted by Crippen LogP contribution is 2.42. The van der Waals surface area contributed by atoms with Gasteiger partial charge in [-0.2, -0.15) is 0 Å². The van der Waals surface area contributed by atoms with E-state index in [1.54, 1.807) is 0 Å². The molecule has 1 atom stereocenters. The Bertz CT molecular complexity index is 967. The second-order valence-corrected chi connectivity index (χ2v) is 14.7. The Kier molecular flexibility index (Phi) is 20.0. The molecule has 2 aromatic rings. The fraction of sp³-hybridized carbons (Fsp3) is 0.750. The summed E-state index contributed by atoms with van der Waals surface area (Å²) in [6.45, 7) is 4.46. The number of unbranched alkanes of at least 4 members (excludes halogenated alkanes) is 18. The second-order valence-electron chi connectivity index (χ2n) is 12.4. The van der Waals surface area contributed by atoms with Gasteiger partial charge in [0.15, 0.2) is 4.34 Å². The lowest BCUT2D eigenvalue weighted by molar-refractivity contribution is -0.335. The van der Waals surface area contributed by atoms with Crippen LogP contribution in [-0.2, 0) is 9.59 Å². The number of para-hydroxylation sites is 1. The first-order valence-electron chi connectivity index (χ1n) is 17.3. The monoisotopic (exact) mass is 631 g/mol. The van der Waals surface area contributed by atoms with Gasteiger partial charge in [0, 0.05) is 29.0 Å². The molecule has 0 aliphatic carbocycles. The molecule has 1 aromatic heterocycles. The van der Waals surface area contributed by atoms with Gasteiger partial charge in [-0.25, -0.2) is 4.98 Å². The summed E-state index contributed by atoms with van der Waals surface area (Å²) in [5.74, 6) is -3.49. The third-order valence-corrected chi connectivity index (χ3v) is 11.2. The molecule has 43 heavy (non-hydrogen) atoms. The van der Waals surface area contributed by atoms with E-state index in [9.17, 15) is 19.8 Å². The maximum atomic E-state index is 12.9. The van der Waals surface area contributed by atoms with Gasteiger partial charge in [-0.1, -0.05) is 166 Å². The van der Waals surface area contributed by atoms with Gasteiger partial charge >= 0.3 is 0 Å². The number of rotatable bonds is 28. The Balaban J connectivity index is 1.98. The summed E-state index contributed by atoms with van der Waals surface area (Å²) in [6.07, 6.45) is 23.6. The highest BCUT2D eigenvalue weighted by atomic mass is 32.2. The largest absolute Gasteiger partial charge is 0.550 e. The summed E-state index contributed by atoms with van der Waals surface area (Å²) >= 11 is 2.85. The number of carbonyl (C=O) groups excluding carboxylic acids is 2. The van der Waals surface area contributed by atoms with E-state index in [-0.39, 0.29) is 5.75 Å². The van der Waals surface area contributed by atoms with Crippen LogP contribution in [0, 0.1) is 11.3 Å². The number of thiazole rings is 1. The summed E-state index contributed by atoms with van der Waals surface area (Å²) < 4.78 is 1.80. The van der Waals surface area contributed by atoms with E-state index in [4.69, 9.17) is 0 Å². The van der Waals surface area contributed by atoms with Crippen LogP contribution in [0.15, 0.2) is 28.6 Å². The molecule has 1 unspecified atom stereocenters. The van der Waals surface area contributed by atoms with E-state index >= 15 is 0 Å². The Morgan fingerprint density at radius 1 is 0.721 bits per heavy atom. The summed E-state index contributed by atoms with van der Waals surface area (Å²) in [4.78, 5) is 30.1. The van der Waals surface area contributed by atoms with Crippen molar-refractivity contribution >= 4 is 45.3 Å². The molecule has 1 heterocycles. The smallest absolute Gasteiger partial charge is 0.151 e. The molecule has 0 bridgehead atoms. The van der Waals surface area contributed by atoms with Gasteiger partial charge in [0.1, 0.15) is 0 Å². The highest BCUT2D eigenvalue weighted by Gasteiger charge is 2.40. The van der Waals surface area contributed by atoms with E-state index in [0.29, 0.717) is 25.7 Å². The molecule has 0 amide bonds. The van der Waals surface area contributed by atoms with Gasteiger partial charge in [-0.3, -0.25) is 0 Å². The third-order valence-electron chi connectivity index (χ3n) is 8.96. The first-order chi connectivity index (χ1) is 20.9. The minimum absolute atomic E-state index is 0.131. The van der Waals surface area contributed by atoms with Gasteiger partial charge in [0.25, 0.3) is 0 Å². The lowest BCUT2D eigenvalue weighted by atomic mass is 9.69. The molecule has 0 N–H and O–H groups in total. The first-order valence-corrected chi connectivity index (χ1v) is 19.2. The molecular weight excluding hydrogens is 575 g/mol. The Labute approximate surface area is 270 Å². The van der Waals surface area contributed by atoms with Crippen molar-refractivity contribution in [3.8, 4) is 0 Å². The Morgan fingerprint density at radius 3 is 1.58 bits per heavy atom. The van der Waals surface area contributed by atoms with Crippen molar-refractivity contribution in [1.29, 1.82) is 0 Å². The van der Waals surface area contributed by atoms with Crippen molar-refractivity contribution in [2.24, 2.45) is 11.3 Å². The van der Waals surface area contributed by atoms with Gasteiger partial charge in [-0.15, -0.1) is 11.3 Å². The van der Waals surface area contributed by atoms with E-state index in [2.05, 4.69) is 18.8 Å². The van der Waals surface area contributed by atoms with Crippen molar-refractivity contribution in [1.82, 2.24) is 4.98 Å². The van der Waals surface area contributed by atoms with Crippen LogP contribution in [0.2, 0.25) is 0 Å². The number of benzene rings is 1. The maximum absolute atomic E-state index is 12.9. The number of hydrogen-bond acceptors (Lipinski definition) is 7. The van der Waals surface area contributed by atoms with E-state index < -0.39 is 23.3 Å². The van der Waals surface area contributed by atoms with Gasteiger partial charge in [0.05, 0.1) is 10.2 Å². The number of nitrogens with zero attached hydrogens (tertiary/aromatic N) is 1. The standard InChI is InChI=1S/C36H59NO4S2/c1-3-5-7-9-11-13-15-17-19-23-27-36(34(40)41,28-24-20-18-16-14-12-10-8-6-4-2)30(33(38)39)29-42-35-37-31-25-21-22-26-32(31)43-35/h21-22,25-26,30H,3-20,23-24,27-29H2,1-2H3,(H,38,39)(H,40,41)/p-2. The predicted octanol–water partition coefficient (Wildman–Crippen LogP) is 9.11. The normalized spacial score (nSPS) is 12.6. The SMILES string of the molecule is CCCCCCCCCCCCC(CCCCCCCCCCCC)(C(=O)[O-])C(CSc1nc2ccccc2s1)C(=O)[O-]. The summed E-state index contributed by atoms with van der Waals surface area (Å²) in [5, 5.41) is 25.5. The molecule has 7 heteroatoms. The minimum atomic E-state index is -1.41. The molecule has 0 fully saturated rings. The molecule has 0 aliphatic rings. The van der Waals surface area contributed by atoms with Crippen LogP contribution < -0.4 is 10.2 Å². The number of carbonyl (C=O) groups is 2. The van der Waals surface area contributed by atoms with Crippen molar-refractivity contribution in [3.63, 3.8) is 0 Å². The molecule has 0 radical (unpaired) electrons. The lowest BCUT2D eigenvalue weighted by Gasteiger charge is -2.42. The zero-order chi connectivity index (χ0) is 31.2. The molecule has 0 spiro atoms. The fourth-order valence-corrected chi connectivity index (χ4v) is 8.53. The zero-order valence-electron chi connectivity index (χ0n) is 27.0. The minimum Gasteiger partial charge on any atom is -0.550 e. The average Bonchev–Trinajstić information content (AvgIpc) is 3.41. The van der Waals surface area contributed by atoms with Crippen LogP contribution in [-0.4, -0.2) is 22.7 Å². The number of carboxylic acid groups (broad SMARTS) is 2. The lowest BCUT2D eigenvalue weighted by Crippen LogP contribution is -2.54. The molecule has 1 aromatic carbocycles. The number of fused-ring (bicyclic) bond motifs is 1. The summed E-state index contributed by atoms with van der Waals surface area (Å²) in [6, 6.07) is 7.82. The summed E-state index contributed by atoms with van der Waals surface area (Å²) in [7, 11) is 0. The third kappa shape index (κ3) is 14.4. The number of thioether (sulfide) groups is 1. The molecule has 244 valence electrons. The highest BCUT2D eigenvalue weighted by molar-refractivity contribution is 8.01. The zero-order valence-corrected chi connectivity index (χ0v) is 28.7. The maximum Gasteiger partial charge on any atom is 0.151 e. The van der Waals surface area contributed by atoms with Crippen molar-refractivity contribution in [2.75, 3.05) is 5.75 Å². The van der Waals surface area contributed by atoms with Gasteiger partial charge in [0.2, 0.25) is 0 Å². The Hall–Kier alpha value is -1.60. The van der Waals surface area contributed by atoms with E-state index in [1.165, 1.54) is 100 Å². The topological polar surface area (TPSA) is 93.2 Å². The quantitative estimate of drug-likeness (QED) is 0.0687. The Morgan fingerprint density at radius 2 is 1.16 bits per heavy atom. The summed E-state index contributed by atoms with van der Waals surface area (Å²) in [5.41, 5.74) is -0.537. The van der Waals surface area contributed by atoms with Crippen LogP contribution in [0.4, 0.5) is 0 Å². The van der Waals surface area contributed by atoms with Crippen LogP contribution in [0.25, 0.3) is 10.2 Å². The molecule has 0 saturated heterocycles. The van der Waals surface area contributed by atoms with Crippen LogP contribution in [0.1, 0.15) is 155 Å². The average molecular weight is 632 g/mol. The second kappa shape index (κ2) is 22.8. The molecule has 0 aliphatic heterocycles. The van der Waals surface area contributed by atoms with E-state index in [0.717, 1.165) is 53.1 Å². The van der Waals surface area contributed by atoms with Crippen molar-refractivity contribution in [2.45, 2.75) is 159 Å². The first kappa shape index (κ1) is 37.6. The predicted molar refractivity (Wildman–Crippen MR) is 179 cm³/mol. The van der Waals surface area contributed by atoms with Crippen molar-refractivity contribution < 1.29 is 19.8 Å². The van der Waals surface area contributed by atoms with Crippen LogP contribution >= 0.6 is 23.1 Å². The van der Waals surface area contributed by atoms with Crippen molar-refractivity contribution in [3.05, 3.63) is 24.3 Å². The fourth-order valence-electron chi connectivity index (χ4n) is 6.20. The van der Waals surface area contributed by atoms with Crippen LogP contribution in [0.5, 0.6) is 0 Å². The number of aromatic nitrogens is 1. The van der Waals surface area contributed by atoms with Crippen LogP contribution in [0.3, 0.4) is 0 Å². The number of aliphatic carboxylic acids is 2.